The number of nitrogens with zero attached hydrogens (tertiary/aromatic N) is 1. The normalized spacial score (nSPS) is 19.5. The fourth-order valence-electron chi connectivity index (χ4n) is 4.71. The van der Waals surface area contributed by atoms with E-state index in [1.807, 2.05) is 12.1 Å². The van der Waals surface area contributed by atoms with E-state index in [9.17, 15) is 4.79 Å². The number of Topliss-reactive ketones (excluding diaryl/α,β-unsaturated/α-hetero) is 1. The molecule has 0 spiro atoms. The first kappa shape index (κ1) is 22.0. The maximum Gasteiger partial charge on any atom is 0.166 e. The number of carbonyl (C=O) groups excluding carboxylic acids is 1. The SMILES string of the molecule is COc1cc2c(cc1OC)C(=O)C(CC1CCN(Cc3ccccc3)CC1)C2.[V]. The molecule has 0 bridgehead atoms. The number of hydrogen-bond donors (Lipinski definition) is 0. The molecule has 1 saturated heterocycles. The van der Waals surface area contributed by atoms with Crippen molar-refractivity contribution in [3.63, 3.8) is 0 Å². The summed E-state index contributed by atoms with van der Waals surface area (Å²) >= 11 is 0. The molecule has 1 heterocycles. The first-order valence-electron chi connectivity index (χ1n) is 10.2. The number of ketones is 1. The van der Waals surface area contributed by atoms with E-state index in [0.29, 0.717) is 17.4 Å². The van der Waals surface area contributed by atoms with Crippen LogP contribution in [0.3, 0.4) is 0 Å². The topological polar surface area (TPSA) is 38.8 Å². The van der Waals surface area contributed by atoms with Crippen LogP contribution in [0.2, 0.25) is 0 Å². The molecule has 0 N–H and O–H groups in total. The Balaban J connectivity index is 0.00000240. The van der Waals surface area contributed by atoms with Crippen LogP contribution in [0.1, 0.15) is 40.7 Å². The second-order valence-electron chi connectivity index (χ2n) is 8.07. The largest absolute Gasteiger partial charge is 0.493 e. The van der Waals surface area contributed by atoms with Gasteiger partial charge >= 0.3 is 0 Å². The molecule has 29 heavy (non-hydrogen) atoms. The Hall–Kier alpha value is -1.75. The molecular weight excluding hydrogens is 401 g/mol. The average Bonchev–Trinajstić information content (AvgIpc) is 3.03. The van der Waals surface area contributed by atoms with Crippen molar-refractivity contribution >= 4 is 5.78 Å². The molecule has 1 fully saturated rings. The van der Waals surface area contributed by atoms with E-state index in [2.05, 4.69) is 35.2 Å². The van der Waals surface area contributed by atoms with Gasteiger partial charge in [0.15, 0.2) is 17.3 Å². The van der Waals surface area contributed by atoms with E-state index in [1.165, 1.54) is 18.4 Å². The van der Waals surface area contributed by atoms with Crippen LogP contribution < -0.4 is 9.47 Å². The van der Waals surface area contributed by atoms with Gasteiger partial charge in [-0.3, -0.25) is 9.69 Å². The third-order valence-corrected chi connectivity index (χ3v) is 6.29. The van der Waals surface area contributed by atoms with Gasteiger partial charge in [-0.1, -0.05) is 30.3 Å². The summed E-state index contributed by atoms with van der Waals surface area (Å²) in [6.45, 7) is 3.27. The predicted octanol–water partition coefficient (Wildman–Crippen LogP) is 4.36. The summed E-state index contributed by atoms with van der Waals surface area (Å²) in [4.78, 5) is 15.5. The molecule has 2 aromatic carbocycles. The van der Waals surface area contributed by atoms with Crippen molar-refractivity contribution in [1.29, 1.82) is 0 Å². The van der Waals surface area contributed by atoms with Gasteiger partial charge in [-0.25, -0.2) is 0 Å². The van der Waals surface area contributed by atoms with E-state index in [1.54, 1.807) is 14.2 Å². The Morgan fingerprint density at radius 3 is 2.31 bits per heavy atom. The summed E-state index contributed by atoms with van der Waals surface area (Å²) in [6.07, 6.45) is 4.19. The molecule has 0 aromatic heterocycles. The van der Waals surface area contributed by atoms with Crippen LogP contribution in [0.15, 0.2) is 42.5 Å². The second kappa shape index (κ2) is 9.84. The van der Waals surface area contributed by atoms with Crippen LogP contribution in [-0.2, 0) is 31.5 Å². The Bertz CT molecular complexity index is 832. The molecular formula is C24H29NO3V. The van der Waals surface area contributed by atoms with Gasteiger partial charge in [-0.2, -0.15) is 0 Å². The van der Waals surface area contributed by atoms with Gasteiger partial charge in [-0.15, -0.1) is 0 Å². The average molecular weight is 430 g/mol. The van der Waals surface area contributed by atoms with Gasteiger partial charge < -0.3 is 9.47 Å². The molecule has 2 aliphatic rings. The molecule has 1 unspecified atom stereocenters. The maximum absolute atomic E-state index is 12.9. The maximum atomic E-state index is 12.9. The smallest absolute Gasteiger partial charge is 0.166 e. The zero-order valence-electron chi connectivity index (χ0n) is 17.3. The molecule has 1 aliphatic carbocycles. The summed E-state index contributed by atoms with van der Waals surface area (Å²) in [5.41, 5.74) is 3.31. The van der Waals surface area contributed by atoms with Gasteiger partial charge in [0.25, 0.3) is 0 Å². The summed E-state index contributed by atoms with van der Waals surface area (Å²) < 4.78 is 10.8. The van der Waals surface area contributed by atoms with Crippen molar-refractivity contribution < 1.29 is 32.8 Å². The quantitative estimate of drug-likeness (QED) is 0.683. The number of methoxy groups -OCH3 is 2. The third-order valence-electron chi connectivity index (χ3n) is 6.29. The van der Waals surface area contributed by atoms with Crippen LogP contribution in [0.5, 0.6) is 11.5 Å². The van der Waals surface area contributed by atoms with Crippen molar-refractivity contribution in [2.24, 2.45) is 11.8 Å². The van der Waals surface area contributed by atoms with Gasteiger partial charge in [0, 0.05) is 36.6 Å². The van der Waals surface area contributed by atoms with E-state index in [0.717, 1.165) is 43.6 Å². The van der Waals surface area contributed by atoms with Gasteiger partial charge in [0.2, 0.25) is 0 Å². The summed E-state index contributed by atoms with van der Waals surface area (Å²) in [5, 5.41) is 0. The fraction of sp³-hybridized carbons (Fsp3) is 0.458. The minimum Gasteiger partial charge on any atom is -0.493 e. The summed E-state index contributed by atoms with van der Waals surface area (Å²) in [5.74, 6) is 2.38. The minimum absolute atomic E-state index is 0. The number of fused-ring (bicyclic) bond motifs is 1. The monoisotopic (exact) mass is 430 g/mol. The van der Waals surface area contributed by atoms with E-state index < -0.39 is 0 Å². The molecule has 5 heteroatoms. The molecule has 0 saturated carbocycles. The number of benzene rings is 2. The van der Waals surface area contributed by atoms with Crippen molar-refractivity contribution in [3.05, 3.63) is 59.2 Å². The minimum atomic E-state index is 0. The van der Waals surface area contributed by atoms with Crippen LogP contribution in [0.25, 0.3) is 0 Å². The Kier molecular flexibility index (Phi) is 7.45. The molecule has 0 amide bonds. The molecule has 1 aliphatic heterocycles. The van der Waals surface area contributed by atoms with Gasteiger partial charge in [0.1, 0.15) is 0 Å². The van der Waals surface area contributed by atoms with Crippen LogP contribution in [0.4, 0.5) is 0 Å². The van der Waals surface area contributed by atoms with Gasteiger partial charge in [-0.05, 0) is 68.0 Å². The second-order valence-corrected chi connectivity index (χ2v) is 8.07. The molecule has 153 valence electrons. The Labute approximate surface area is 185 Å². The van der Waals surface area contributed by atoms with E-state index >= 15 is 0 Å². The molecule has 4 rings (SSSR count). The van der Waals surface area contributed by atoms with Crippen LogP contribution in [0, 0.1) is 11.8 Å². The third kappa shape index (κ3) is 4.88. The summed E-state index contributed by atoms with van der Waals surface area (Å²) in [7, 11) is 3.26. The number of piperidine rings is 1. The van der Waals surface area contributed by atoms with Crippen molar-refractivity contribution in [1.82, 2.24) is 4.90 Å². The summed E-state index contributed by atoms with van der Waals surface area (Å²) in [6, 6.07) is 14.5. The number of rotatable bonds is 6. The van der Waals surface area contributed by atoms with Crippen LogP contribution in [-0.4, -0.2) is 38.0 Å². The Morgan fingerprint density at radius 1 is 1.00 bits per heavy atom. The molecule has 1 atom stereocenters. The number of likely N-dealkylation sites (tertiary alicyclic amines) is 1. The van der Waals surface area contributed by atoms with E-state index in [4.69, 9.17) is 9.47 Å². The number of carbonyl (C=O) groups is 1. The molecule has 4 nitrogen and oxygen atoms in total. The van der Waals surface area contributed by atoms with E-state index in [-0.39, 0.29) is 30.3 Å². The van der Waals surface area contributed by atoms with Crippen LogP contribution >= 0.6 is 0 Å². The molecule has 2 aromatic rings. The number of hydrogen-bond acceptors (Lipinski definition) is 4. The first-order valence-corrected chi connectivity index (χ1v) is 10.2. The van der Waals surface area contributed by atoms with Gasteiger partial charge in [0.05, 0.1) is 14.2 Å². The van der Waals surface area contributed by atoms with Crippen molar-refractivity contribution in [2.75, 3.05) is 27.3 Å². The predicted molar refractivity (Wildman–Crippen MR) is 110 cm³/mol. The van der Waals surface area contributed by atoms with Crippen molar-refractivity contribution in [3.8, 4) is 11.5 Å². The first-order chi connectivity index (χ1) is 13.7. The zero-order valence-corrected chi connectivity index (χ0v) is 18.7. The molecule has 1 radical (unpaired) electrons. The standard InChI is InChI=1S/C24H29NO3.V/c1-27-22-14-19-13-20(24(26)21(19)15-23(22)28-2)12-17-8-10-25(11-9-17)16-18-6-4-3-5-7-18;/h3-7,14-15,17,20H,8-13,16H2,1-2H3;. The van der Waals surface area contributed by atoms with Crippen molar-refractivity contribution in [2.45, 2.75) is 32.2 Å². The fourth-order valence-corrected chi connectivity index (χ4v) is 4.71. The zero-order chi connectivity index (χ0) is 19.5. The Morgan fingerprint density at radius 2 is 1.66 bits per heavy atom. The number of ether oxygens (including phenoxy) is 2.